The van der Waals surface area contributed by atoms with Crippen molar-refractivity contribution < 1.29 is 129 Å². The number of halogens is 3. The second-order valence-electron chi connectivity index (χ2n) is 27.9. The number of hydrogen-bond donors (Lipinski definition) is 20. The van der Waals surface area contributed by atoms with E-state index in [0.717, 1.165) is 55.0 Å². The van der Waals surface area contributed by atoms with Crippen molar-refractivity contribution in [3.63, 3.8) is 0 Å². The van der Waals surface area contributed by atoms with Crippen LogP contribution in [0, 0.1) is 5.92 Å². The molecule has 0 aliphatic carbocycles. The summed E-state index contributed by atoms with van der Waals surface area (Å²) in [5.41, 5.74) is 22.8. The van der Waals surface area contributed by atoms with Gasteiger partial charge in [-0.25, -0.2) is 4.79 Å². The Morgan fingerprint density at radius 1 is 0.496 bits per heavy atom. The third-order valence-electron chi connectivity index (χ3n) is 18.3. The topological polar surface area (TPSA) is 680 Å². The Bertz CT molecular complexity index is 3880. The van der Waals surface area contributed by atoms with E-state index in [0.29, 0.717) is 12.8 Å². The molecule has 1 aromatic rings. The Kier molecular flexibility index (Phi) is 38.1. The van der Waals surface area contributed by atoms with E-state index in [1.165, 1.54) is 41.0 Å². The first-order valence-corrected chi connectivity index (χ1v) is 41.4. The number of fused-ring (bicyclic) bond motifs is 11. The molecule has 0 unspecified atom stereocenters. The fraction of sp³-hybridized carbons (Fsp3) is 0.612. The van der Waals surface area contributed by atoms with Gasteiger partial charge in [0.05, 0.1) is 32.4 Å². The maximum Gasteiger partial charge on any atom is 0.490 e. The van der Waals surface area contributed by atoms with E-state index in [2.05, 4.69) is 63.8 Å². The molecule has 5 fully saturated rings. The zero-order valence-corrected chi connectivity index (χ0v) is 66.8. The van der Waals surface area contributed by atoms with Gasteiger partial charge in [0.1, 0.15) is 96.4 Å². The summed E-state index contributed by atoms with van der Waals surface area (Å²) in [4.78, 5) is 278. The summed E-state index contributed by atoms with van der Waals surface area (Å²) < 4.78 is 31.7. The molecule has 648 valence electrons. The molecule has 117 heavy (non-hydrogen) atoms. The highest BCUT2D eigenvalue weighted by Gasteiger charge is 2.47. The predicted octanol–water partition coefficient (Wildman–Crippen LogP) is -8.10. The lowest BCUT2D eigenvalue weighted by atomic mass is 10.0. The van der Waals surface area contributed by atoms with Crippen molar-refractivity contribution in [1.82, 2.24) is 78.5 Å². The Morgan fingerprint density at radius 3 is 1.41 bits per heavy atom. The van der Waals surface area contributed by atoms with E-state index in [1.54, 1.807) is 13.8 Å². The highest BCUT2D eigenvalue weighted by molar-refractivity contribution is 8.77. The third-order valence-corrected chi connectivity index (χ3v) is 23.2. The quantitative estimate of drug-likeness (QED) is 0.0769. The van der Waals surface area contributed by atoms with E-state index in [4.69, 9.17) is 32.8 Å². The Hall–Kier alpha value is -10.5. The molecule has 5 heterocycles. The molecule has 0 saturated carbocycles. The lowest BCUT2D eigenvalue weighted by Gasteiger charge is -2.34. The first-order valence-electron chi connectivity index (χ1n) is 36.5. The summed E-state index contributed by atoms with van der Waals surface area (Å²) in [6.07, 6.45) is -7.95. The number of carboxylic acids is 2. The fourth-order valence-corrected chi connectivity index (χ4v) is 17.0. The molecule has 50 heteroatoms. The van der Waals surface area contributed by atoms with Crippen molar-refractivity contribution in [2.45, 2.75) is 195 Å². The van der Waals surface area contributed by atoms with Crippen molar-refractivity contribution in [1.29, 1.82) is 0 Å². The number of nitrogens with zero attached hydrogens (tertiary/aromatic N) is 3. The van der Waals surface area contributed by atoms with Crippen LogP contribution in [-0.4, -0.2) is 306 Å². The summed E-state index contributed by atoms with van der Waals surface area (Å²) >= 11 is 0. The second-order valence-corrected chi connectivity index (χ2v) is 33.0. The molecule has 2 bridgehead atoms. The van der Waals surface area contributed by atoms with Gasteiger partial charge in [-0.15, -0.1) is 0 Å². The van der Waals surface area contributed by atoms with Crippen LogP contribution in [0.3, 0.4) is 0 Å². The number of carbonyl (C=O) groups is 20. The molecule has 15 atom stereocenters. The van der Waals surface area contributed by atoms with Gasteiger partial charge in [-0.05, 0) is 82.4 Å². The van der Waals surface area contributed by atoms with Crippen LogP contribution in [-0.2, 0) is 102 Å². The number of hydrogen-bond acceptors (Lipinski definition) is 27. The number of aliphatic hydroxyl groups is 1. The number of phenolic OH excluding ortho intramolecular Hbond substituents is 1. The number of nitrogens with two attached hydrogens (primary N) is 4. The Morgan fingerprint density at radius 2 is 0.897 bits per heavy atom. The van der Waals surface area contributed by atoms with Crippen LogP contribution >= 0.6 is 43.2 Å². The zero-order chi connectivity index (χ0) is 87.5. The first kappa shape index (κ1) is 97.1. The number of alkyl halides is 3. The molecule has 5 saturated heterocycles. The lowest BCUT2D eigenvalue weighted by molar-refractivity contribution is -0.192. The monoisotopic (exact) mass is 1740 g/mol. The molecule has 43 nitrogen and oxygen atoms in total. The Labute approximate surface area is 681 Å². The normalized spacial score (nSPS) is 27.7. The van der Waals surface area contributed by atoms with Gasteiger partial charge < -0.3 is 122 Å². The van der Waals surface area contributed by atoms with E-state index in [-0.39, 0.29) is 69.0 Å². The van der Waals surface area contributed by atoms with Gasteiger partial charge in [-0.2, -0.15) is 13.2 Å². The number of carboxylic acid groups (broad SMARTS) is 2. The number of rotatable bonds is 14. The first-order chi connectivity index (χ1) is 54.9. The van der Waals surface area contributed by atoms with Gasteiger partial charge in [0, 0.05) is 49.1 Å². The molecule has 24 N–H and O–H groups in total. The van der Waals surface area contributed by atoms with Crippen LogP contribution in [0.1, 0.15) is 97.5 Å². The number of aliphatic hydroxyl groups excluding tert-OH is 1. The molecule has 6 rings (SSSR count). The summed E-state index contributed by atoms with van der Waals surface area (Å²) in [6, 6.07) is -19.5. The second kappa shape index (κ2) is 45.9. The van der Waals surface area contributed by atoms with Crippen molar-refractivity contribution in [3.8, 4) is 5.75 Å². The standard InChI is InChI=1S/C65H95N19O22S4.C2HF3O2/c1-29(2)18-37-63(104)84-17-7-10-46(84)65(106)83-16-6-9-45(83)62(103)81-42-27-110-108-26-41(72-49(89)23-66)59(100)80-43(60(101)78-39(24-85)57(98)76-37)28-109-107-25-40(51(69)92)79-54(95)34(19-32-11-13-33(86)14-12-32)74-56(97)36(22-50(90)91)75-61(102)44-8-5-15-82(44)64(105)38(21-48(68)88)77-55(96)35(20-47(67)87)73-53(94)31(4)70-52(93)30(3)71-58(42)99;3-2(4,5)1(6)7/h11-14,29-31,34-46,85-86H,5-10,15-28,66H2,1-4H3,(H2,67,87)(H2,68,88)(H2,69,92)(H,70,93)(H,71,99)(H,72,89)(H,73,94)(H,74,97)(H,75,102)(H,76,98)(H,77,96)(H,78,101)(H,79,95)(H,80,100)(H,81,103)(H,90,91);(H,6,7)/t30-,31-,34-,35-,36-,37-,38-,39-,40-,41-,42-,43-,44-,45-,46-;/m0./s1. The van der Waals surface area contributed by atoms with E-state index in [9.17, 15) is 120 Å². The van der Waals surface area contributed by atoms with Crippen molar-refractivity contribution in [2.75, 3.05) is 55.8 Å². The van der Waals surface area contributed by atoms with Gasteiger partial charge in [0.15, 0.2) is 0 Å². The molecule has 0 aromatic heterocycles. The molecule has 0 radical (unpaired) electrons. The molecule has 0 spiro atoms. The summed E-state index contributed by atoms with van der Waals surface area (Å²) in [7, 11) is 3.23. The van der Waals surface area contributed by atoms with Crippen LogP contribution in [0.15, 0.2) is 24.3 Å². The Balaban J connectivity index is 0.00000332. The predicted molar refractivity (Wildman–Crippen MR) is 409 cm³/mol. The maximum atomic E-state index is 14.7. The summed E-state index contributed by atoms with van der Waals surface area (Å²) in [5.74, 6) is -26.0. The molecule has 5 aliphatic heterocycles. The minimum absolute atomic E-state index is 0.0289. The maximum absolute atomic E-state index is 14.7. The van der Waals surface area contributed by atoms with Gasteiger partial charge in [0.2, 0.25) is 106 Å². The van der Waals surface area contributed by atoms with Crippen molar-refractivity contribution >= 4 is 161 Å². The molecule has 18 amide bonds. The van der Waals surface area contributed by atoms with E-state index in [1.807, 2.05) is 0 Å². The number of aliphatic carboxylic acids is 2. The lowest BCUT2D eigenvalue weighted by Crippen LogP contribution is -2.61. The van der Waals surface area contributed by atoms with Crippen LogP contribution in [0.5, 0.6) is 5.75 Å². The largest absolute Gasteiger partial charge is 0.508 e. The van der Waals surface area contributed by atoms with Crippen LogP contribution < -0.4 is 86.7 Å². The summed E-state index contributed by atoms with van der Waals surface area (Å²) in [6.45, 7) is 3.84. The molecular formula is C67H96F3N19O24S4. The molecule has 5 aliphatic rings. The number of primary amides is 3. The highest BCUT2D eigenvalue weighted by atomic mass is 33.1. The van der Waals surface area contributed by atoms with Crippen LogP contribution in [0.4, 0.5) is 13.2 Å². The van der Waals surface area contributed by atoms with Crippen molar-refractivity contribution in [2.24, 2.45) is 28.9 Å². The fourth-order valence-electron chi connectivity index (χ4n) is 12.4. The molecule has 1 aromatic carbocycles. The summed E-state index contributed by atoms with van der Waals surface area (Å²) in [5, 5.41) is 66.9. The average molecular weight is 1740 g/mol. The van der Waals surface area contributed by atoms with E-state index < -0.39 is 277 Å². The van der Waals surface area contributed by atoms with Gasteiger partial charge >= 0.3 is 18.1 Å². The van der Waals surface area contributed by atoms with Gasteiger partial charge in [-0.1, -0.05) is 69.2 Å². The number of carbonyl (C=O) groups excluding carboxylic acids is 18. The number of benzene rings is 1. The van der Waals surface area contributed by atoms with Crippen molar-refractivity contribution in [3.05, 3.63) is 29.8 Å². The third kappa shape index (κ3) is 30.2. The highest BCUT2D eigenvalue weighted by Crippen LogP contribution is 2.30. The number of aromatic hydroxyl groups is 1. The van der Waals surface area contributed by atoms with Gasteiger partial charge in [-0.3, -0.25) is 91.1 Å². The van der Waals surface area contributed by atoms with Gasteiger partial charge in [0.25, 0.3) is 0 Å². The van der Waals surface area contributed by atoms with Crippen LogP contribution in [0.2, 0.25) is 0 Å². The van der Waals surface area contributed by atoms with Crippen LogP contribution in [0.25, 0.3) is 0 Å². The zero-order valence-electron chi connectivity index (χ0n) is 63.6. The minimum Gasteiger partial charge on any atom is -0.508 e. The number of nitrogens with one attached hydrogen (secondary N) is 12. The average Bonchev–Trinajstić information content (AvgIpc) is 1.67. The number of amides is 18. The molecular weight excluding hydrogens is 1640 g/mol. The van der Waals surface area contributed by atoms with E-state index >= 15 is 0 Å². The minimum atomic E-state index is -5.08. The smallest absolute Gasteiger partial charge is 0.490 e. The number of phenols is 1. The SMILES string of the molecule is CC(C)C[C@@H]1NC(=O)[C@H](CO)NC(=O)[C@@H]2CSSC[C@@H](C(N)=O)NC(=O)[C@H](Cc3ccc(O)cc3)NC(=O)[C@H](CC(=O)O)NC(=O)[C@@H]3CCCN3C(=O)[C@H](CC(N)=O)NC(=O)[C@H](CC(N)=O)NC(=O)[C@H](C)NC(=O)[C@H](C)NC(=O)[C@H](CSSC[C@H](NC(=O)CN)C(=O)N2)NC(=O)[C@@H]2CCCN2C(=O)[C@@H]2CCCN2C1=O.O=C(O)C(F)(F)F.